The largest absolute Gasteiger partial charge is 0.487 e. The van der Waals surface area contributed by atoms with E-state index in [1.54, 1.807) is 4.90 Å². The fraction of sp³-hybridized carbons (Fsp3) is 0.562. The molecule has 0 N–H and O–H groups in total. The topological polar surface area (TPSA) is 38.8 Å². The Kier molecular flexibility index (Phi) is 3.84. The van der Waals surface area contributed by atoms with E-state index < -0.39 is 5.38 Å². The Balaban J connectivity index is 1.84. The molecule has 0 saturated carbocycles. The van der Waals surface area contributed by atoms with Crippen molar-refractivity contribution in [2.45, 2.75) is 31.2 Å². The summed E-state index contributed by atoms with van der Waals surface area (Å²) in [5.74, 6) is 0.714. The summed E-state index contributed by atoms with van der Waals surface area (Å²) in [4.78, 5) is 14.3. The van der Waals surface area contributed by atoms with Gasteiger partial charge in [0.05, 0.1) is 13.2 Å². The number of hydrogen-bond acceptors (Lipinski definition) is 3. The molecule has 0 spiro atoms. The molecule has 0 radical (unpaired) electrons. The molecule has 1 amide bonds. The molecule has 1 saturated heterocycles. The van der Waals surface area contributed by atoms with Crippen LogP contribution in [-0.4, -0.2) is 42.7 Å². The number of halogens is 1. The summed E-state index contributed by atoms with van der Waals surface area (Å²) in [6.07, 6.45) is 0.839. The predicted molar refractivity (Wildman–Crippen MR) is 80.8 cm³/mol. The van der Waals surface area contributed by atoms with Crippen LogP contribution in [0.3, 0.4) is 0 Å². The van der Waals surface area contributed by atoms with Crippen LogP contribution in [0.1, 0.15) is 30.4 Å². The van der Waals surface area contributed by atoms with E-state index in [0.717, 1.165) is 23.3 Å². The van der Waals surface area contributed by atoms with Gasteiger partial charge < -0.3 is 14.4 Å². The molecule has 2 aliphatic rings. The Bertz CT molecular complexity index is 552. The predicted octanol–water partition coefficient (Wildman–Crippen LogP) is 2.54. The van der Waals surface area contributed by atoms with Crippen LogP contribution in [-0.2, 0) is 16.0 Å². The maximum atomic E-state index is 12.5. The highest BCUT2D eigenvalue weighted by atomic mass is 35.5. The summed E-state index contributed by atoms with van der Waals surface area (Å²) in [5, 5.41) is -0.702. The number of ether oxygens (including phenoxy) is 2. The Morgan fingerprint density at radius 3 is 2.76 bits per heavy atom. The van der Waals surface area contributed by atoms with Gasteiger partial charge in [-0.05, 0) is 19.4 Å². The Labute approximate surface area is 130 Å². The summed E-state index contributed by atoms with van der Waals surface area (Å²) >= 11 is 6.45. The number of hydrogen-bond donors (Lipinski definition) is 0. The molecule has 1 unspecified atom stereocenters. The molecule has 21 heavy (non-hydrogen) atoms. The summed E-state index contributed by atoms with van der Waals surface area (Å²) in [6, 6.07) is 5.87. The summed E-state index contributed by atoms with van der Waals surface area (Å²) in [7, 11) is 0. The van der Waals surface area contributed by atoms with Gasteiger partial charge in [0.2, 0.25) is 5.91 Å². The fourth-order valence-corrected chi connectivity index (χ4v) is 3.23. The van der Waals surface area contributed by atoms with Crippen LogP contribution in [0.2, 0.25) is 0 Å². The lowest BCUT2D eigenvalue weighted by molar-refractivity contribution is -0.135. The SMILES string of the molecule is CC1(C)Cc2cccc(C(Cl)C(=O)N3CCOCC3)c2O1. The van der Waals surface area contributed by atoms with Crippen molar-refractivity contribution in [1.82, 2.24) is 4.90 Å². The molecule has 2 aliphatic heterocycles. The van der Waals surface area contributed by atoms with Gasteiger partial charge in [0.15, 0.2) is 0 Å². The molecule has 2 heterocycles. The number of morpholine rings is 1. The number of para-hydroxylation sites is 1. The van der Waals surface area contributed by atoms with Crippen LogP contribution in [0.4, 0.5) is 0 Å². The summed E-state index contributed by atoms with van der Waals surface area (Å²) in [5.41, 5.74) is 1.66. The first-order valence-electron chi connectivity index (χ1n) is 7.29. The molecule has 3 rings (SSSR count). The minimum atomic E-state index is -0.702. The number of amides is 1. The van der Waals surface area contributed by atoms with Crippen LogP contribution < -0.4 is 4.74 Å². The standard InChI is InChI=1S/C16H20ClNO3/c1-16(2)10-11-4-3-5-12(14(11)21-16)13(17)15(19)18-6-8-20-9-7-18/h3-5,13H,6-10H2,1-2H3. The molecular formula is C16H20ClNO3. The molecule has 4 nitrogen and oxygen atoms in total. The lowest BCUT2D eigenvalue weighted by Gasteiger charge is -2.29. The van der Waals surface area contributed by atoms with E-state index in [1.165, 1.54) is 0 Å². The minimum absolute atomic E-state index is 0.0679. The molecule has 1 atom stereocenters. The maximum absolute atomic E-state index is 12.5. The van der Waals surface area contributed by atoms with Crippen molar-refractivity contribution in [3.05, 3.63) is 29.3 Å². The van der Waals surface area contributed by atoms with Gasteiger partial charge in [-0.25, -0.2) is 0 Å². The van der Waals surface area contributed by atoms with E-state index in [-0.39, 0.29) is 11.5 Å². The molecule has 0 bridgehead atoms. The Morgan fingerprint density at radius 2 is 2.05 bits per heavy atom. The normalized spacial score (nSPS) is 21.6. The Hall–Kier alpha value is -1.26. The lowest BCUT2D eigenvalue weighted by atomic mass is 9.99. The molecule has 0 aromatic heterocycles. The van der Waals surface area contributed by atoms with Gasteiger partial charge in [0.25, 0.3) is 0 Å². The molecule has 0 aliphatic carbocycles. The van der Waals surface area contributed by atoms with Gasteiger partial charge in [-0.3, -0.25) is 4.79 Å². The van der Waals surface area contributed by atoms with Crippen LogP contribution in [0.25, 0.3) is 0 Å². The van der Waals surface area contributed by atoms with Gasteiger partial charge in [-0.2, -0.15) is 0 Å². The molecule has 114 valence electrons. The lowest BCUT2D eigenvalue weighted by Crippen LogP contribution is -2.42. The van der Waals surface area contributed by atoms with Crippen molar-refractivity contribution < 1.29 is 14.3 Å². The van der Waals surface area contributed by atoms with Gasteiger partial charge in [0.1, 0.15) is 16.7 Å². The average molecular weight is 310 g/mol. The number of benzene rings is 1. The minimum Gasteiger partial charge on any atom is -0.487 e. The maximum Gasteiger partial charge on any atom is 0.245 e. The highest BCUT2D eigenvalue weighted by Gasteiger charge is 2.35. The quantitative estimate of drug-likeness (QED) is 0.788. The third-order valence-electron chi connectivity index (χ3n) is 3.93. The van der Waals surface area contributed by atoms with E-state index in [2.05, 4.69) is 0 Å². The van der Waals surface area contributed by atoms with Crippen LogP contribution in [0, 0.1) is 0 Å². The average Bonchev–Trinajstić information content (AvgIpc) is 2.80. The second-order valence-corrected chi connectivity index (χ2v) is 6.61. The van der Waals surface area contributed by atoms with Crippen molar-refractivity contribution in [3.8, 4) is 5.75 Å². The molecule has 5 heteroatoms. The zero-order valence-corrected chi connectivity index (χ0v) is 13.2. The zero-order chi connectivity index (χ0) is 15.0. The first kappa shape index (κ1) is 14.7. The van der Waals surface area contributed by atoms with E-state index in [1.807, 2.05) is 32.0 Å². The summed E-state index contributed by atoms with van der Waals surface area (Å²) < 4.78 is 11.3. The van der Waals surface area contributed by atoms with Crippen molar-refractivity contribution in [2.75, 3.05) is 26.3 Å². The highest BCUT2D eigenvalue weighted by molar-refractivity contribution is 6.31. The van der Waals surface area contributed by atoms with Crippen molar-refractivity contribution in [2.24, 2.45) is 0 Å². The first-order valence-corrected chi connectivity index (χ1v) is 7.73. The third-order valence-corrected chi connectivity index (χ3v) is 4.36. The number of carbonyl (C=O) groups is 1. The van der Waals surface area contributed by atoms with E-state index in [4.69, 9.17) is 21.1 Å². The number of carbonyl (C=O) groups excluding carboxylic acids is 1. The van der Waals surface area contributed by atoms with E-state index in [9.17, 15) is 4.79 Å². The van der Waals surface area contributed by atoms with Crippen LogP contribution >= 0.6 is 11.6 Å². The first-order chi connectivity index (χ1) is 9.98. The second-order valence-electron chi connectivity index (χ2n) is 6.17. The van der Waals surface area contributed by atoms with Gasteiger partial charge in [-0.15, -0.1) is 11.6 Å². The van der Waals surface area contributed by atoms with Crippen molar-refractivity contribution in [3.63, 3.8) is 0 Å². The second kappa shape index (κ2) is 5.50. The number of nitrogens with zero attached hydrogens (tertiary/aromatic N) is 1. The van der Waals surface area contributed by atoms with E-state index >= 15 is 0 Å². The van der Waals surface area contributed by atoms with Gasteiger partial charge >= 0.3 is 0 Å². The zero-order valence-electron chi connectivity index (χ0n) is 12.4. The smallest absolute Gasteiger partial charge is 0.245 e. The van der Waals surface area contributed by atoms with Crippen LogP contribution in [0.5, 0.6) is 5.75 Å². The number of fused-ring (bicyclic) bond motifs is 1. The molecule has 1 fully saturated rings. The van der Waals surface area contributed by atoms with Crippen molar-refractivity contribution >= 4 is 17.5 Å². The molecule has 1 aromatic carbocycles. The monoisotopic (exact) mass is 309 g/mol. The number of rotatable bonds is 2. The van der Waals surface area contributed by atoms with E-state index in [0.29, 0.717) is 26.3 Å². The highest BCUT2D eigenvalue weighted by Crippen LogP contribution is 2.42. The number of alkyl halides is 1. The van der Waals surface area contributed by atoms with Crippen LogP contribution in [0.15, 0.2) is 18.2 Å². The van der Waals surface area contributed by atoms with Gasteiger partial charge in [-0.1, -0.05) is 18.2 Å². The molecular weight excluding hydrogens is 290 g/mol. The Morgan fingerprint density at radius 1 is 1.33 bits per heavy atom. The van der Waals surface area contributed by atoms with Gasteiger partial charge in [0, 0.05) is 25.1 Å². The third kappa shape index (κ3) is 2.87. The fourth-order valence-electron chi connectivity index (χ4n) is 2.92. The van der Waals surface area contributed by atoms with Crippen molar-refractivity contribution in [1.29, 1.82) is 0 Å². The summed E-state index contributed by atoms with van der Waals surface area (Å²) in [6.45, 7) is 6.44. The molecule has 1 aromatic rings.